The first-order chi connectivity index (χ1) is 10.2. The van der Waals surface area contributed by atoms with E-state index in [9.17, 15) is 0 Å². The fourth-order valence-electron chi connectivity index (χ4n) is 3.88. The van der Waals surface area contributed by atoms with Gasteiger partial charge in [0.05, 0.1) is 5.60 Å². The highest BCUT2D eigenvalue weighted by Crippen LogP contribution is 2.38. The minimum atomic E-state index is 0.113. The van der Waals surface area contributed by atoms with Crippen LogP contribution in [0.3, 0.4) is 0 Å². The van der Waals surface area contributed by atoms with Crippen molar-refractivity contribution in [2.24, 2.45) is 5.92 Å². The molecule has 0 heterocycles. The first kappa shape index (κ1) is 19.0. The van der Waals surface area contributed by atoms with Gasteiger partial charge in [0.15, 0.2) is 0 Å². The maximum atomic E-state index is 6.35. The van der Waals surface area contributed by atoms with Crippen molar-refractivity contribution >= 4 is 0 Å². The molecule has 2 heteroatoms. The molecule has 0 aliphatic heterocycles. The van der Waals surface area contributed by atoms with Gasteiger partial charge in [-0.1, -0.05) is 52.9 Å². The highest BCUT2D eigenvalue weighted by molar-refractivity contribution is 4.96. The molecule has 1 saturated carbocycles. The van der Waals surface area contributed by atoms with Crippen molar-refractivity contribution in [2.45, 2.75) is 104 Å². The van der Waals surface area contributed by atoms with Crippen molar-refractivity contribution in [3.05, 3.63) is 0 Å². The van der Waals surface area contributed by atoms with Crippen LogP contribution in [0.1, 0.15) is 91.9 Å². The van der Waals surface area contributed by atoms with Crippen LogP contribution in [0.25, 0.3) is 0 Å². The topological polar surface area (TPSA) is 21.3 Å². The quantitative estimate of drug-likeness (QED) is 0.522. The lowest BCUT2D eigenvalue weighted by atomic mass is 9.74. The lowest BCUT2D eigenvalue weighted by Crippen LogP contribution is -2.54. The summed E-state index contributed by atoms with van der Waals surface area (Å²) in [5.41, 5.74) is 0.113. The largest absolute Gasteiger partial charge is 0.374 e. The van der Waals surface area contributed by atoms with Crippen molar-refractivity contribution in [3.8, 4) is 0 Å². The molecule has 1 aliphatic carbocycles. The van der Waals surface area contributed by atoms with Gasteiger partial charge in [-0.25, -0.2) is 0 Å². The van der Waals surface area contributed by atoms with Gasteiger partial charge in [0, 0.05) is 12.6 Å². The lowest BCUT2D eigenvalue weighted by Gasteiger charge is -2.45. The summed E-state index contributed by atoms with van der Waals surface area (Å²) in [6.07, 6.45) is 13.3. The molecule has 0 bridgehead atoms. The van der Waals surface area contributed by atoms with Gasteiger partial charge >= 0.3 is 0 Å². The molecule has 21 heavy (non-hydrogen) atoms. The van der Waals surface area contributed by atoms with E-state index in [1.165, 1.54) is 64.2 Å². The monoisotopic (exact) mass is 297 g/mol. The van der Waals surface area contributed by atoms with Crippen molar-refractivity contribution < 1.29 is 4.74 Å². The van der Waals surface area contributed by atoms with Crippen LogP contribution in [0, 0.1) is 5.92 Å². The summed E-state index contributed by atoms with van der Waals surface area (Å²) in [5, 5.41) is 3.76. The third-order valence-electron chi connectivity index (χ3n) is 5.23. The second kappa shape index (κ2) is 10.6. The summed E-state index contributed by atoms with van der Waals surface area (Å²) in [7, 11) is 0. The number of rotatable bonds is 11. The van der Waals surface area contributed by atoms with Gasteiger partial charge in [0.25, 0.3) is 0 Å². The zero-order valence-electron chi connectivity index (χ0n) is 15.0. The van der Waals surface area contributed by atoms with Crippen LogP contribution in [-0.4, -0.2) is 24.8 Å². The number of likely N-dealkylation sites (N-methyl/N-ethyl adjacent to an activating group) is 1. The van der Waals surface area contributed by atoms with Crippen molar-refractivity contribution in [1.29, 1.82) is 0 Å². The summed E-state index contributed by atoms with van der Waals surface area (Å²) < 4.78 is 6.35. The van der Waals surface area contributed by atoms with Crippen LogP contribution in [0.2, 0.25) is 0 Å². The molecule has 0 aromatic heterocycles. The summed E-state index contributed by atoms with van der Waals surface area (Å²) in [5.74, 6) is 0.880. The molecule has 1 fully saturated rings. The summed E-state index contributed by atoms with van der Waals surface area (Å²) in [6, 6.07) is 0.552. The standard InChI is InChI=1S/C19H39NO/c1-5-8-9-10-11-12-18(20-6-2)19(21-7-3)15-13-17(4)14-16-19/h17-18,20H,5-16H2,1-4H3. The molecule has 0 saturated heterocycles. The molecule has 1 atom stereocenters. The Morgan fingerprint density at radius 2 is 1.71 bits per heavy atom. The summed E-state index contributed by atoms with van der Waals surface area (Å²) in [4.78, 5) is 0. The fourth-order valence-corrected chi connectivity index (χ4v) is 3.88. The summed E-state index contributed by atoms with van der Waals surface area (Å²) in [6.45, 7) is 11.0. The van der Waals surface area contributed by atoms with E-state index < -0.39 is 0 Å². The maximum absolute atomic E-state index is 6.35. The zero-order chi connectivity index (χ0) is 15.6. The Balaban J connectivity index is 2.55. The maximum Gasteiger partial charge on any atom is 0.0834 e. The Morgan fingerprint density at radius 1 is 1.05 bits per heavy atom. The van der Waals surface area contributed by atoms with E-state index in [4.69, 9.17) is 4.74 Å². The molecule has 0 aromatic carbocycles. The number of ether oxygens (including phenoxy) is 1. The van der Waals surface area contributed by atoms with E-state index >= 15 is 0 Å². The second-order valence-corrected chi connectivity index (χ2v) is 6.99. The molecule has 0 radical (unpaired) electrons. The highest BCUT2D eigenvalue weighted by Gasteiger charge is 2.41. The highest BCUT2D eigenvalue weighted by atomic mass is 16.5. The molecule has 1 N–H and O–H groups in total. The average Bonchev–Trinajstić information content (AvgIpc) is 2.49. The Morgan fingerprint density at radius 3 is 2.29 bits per heavy atom. The van der Waals surface area contributed by atoms with Crippen molar-refractivity contribution in [3.63, 3.8) is 0 Å². The number of hydrogen-bond acceptors (Lipinski definition) is 2. The number of unbranched alkanes of at least 4 members (excludes halogenated alkanes) is 4. The minimum Gasteiger partial charge on any atom is -0.374 e. The predicted molar refractivity (Wildman–Crippen MR) is 92.8 cm³/mol. The van der Waals surface area contributed by atoms with Crippen LogP contribution in [0.15, 0.2) is 0 Å². The van der Waals surface area contributed by atoms with E-state index in [1.54, 1.807) is 0 Å². The van der Waals surface area contributed by atoms with E-state index in [0.717, 1.165) is 19.1 Å². The lowest BCUT2D eigenvalue weighted by molar-refractivity contribution is -0.0978. The van der Waals surface area contributed by atoms with Crippen LogP contribution >= 0.6 is 0 Å². The molecule has 126 valence electrons. The molecular weight excluding hydrogens is 258 g/mol. The summed E-state index contributed by atoms with van der Waals surface area (Å²) >= 11 is 0. The first-order valence-corrected chi connectivity index (χ1v) is 9.55. The predicted octanol–water partition coefficient (Wildman–Crippen LogP) is 5.31. The zero-order valence-corrected chi connectivity index (χ0v) is 15.0. The molecular formula is C19H39NO. The minimum absolute atomic E-state index is 0.113. The van der Waals surface area contributed by atoms with Gasteiger partial charge in [0.1, 0.15) is 0 Å². The Bertz CT molecular complexity index is 246. The molecule has 1 aliphatic rings. The van der Waals surface area contributed by atoms with Crippen LogP contribution < -0.4 is 5.32 Å². The Hall–Kier alpha value is -0.0800. The SMILES string of the molecule is CCCCCCCC(NCC)C1(OCC)CCC(C)CC1. The molecule has 2 nitrogen and oxygen atoms in total. The molecule has 0 amide bonds. The molecule has 0 aromatic rings. The van der Waals surface area contributed by atoms with Gasteiger partial charge in [-0.3, -0.25) is 0 Å². The molecule has 1 unspecified atom stereocenters. The molecule has 1 rings (SSSR count). The van der Waals surface area contributed by atoms with Crippen molar-refractivity contribution in [1.82, 2.24) is 5.32 Å². The van der Waals surface area contributed by atoms with Gasteiger partial charge in [-0.2, -0.15) is 0 Å². The van der Waals surface area contributed by atoms with Gasteiger partial charge in [0.2, 0.25) is 0 Å². The third-order valence-corrected chi connectivity index (χ3v) is 5.23. The van der Waals surface area contributed by atoms with Gasteiger partial charge in [-0.15, -0.1) is 0 Å². The van der Waals surface area contributed by atoms with E-state index in [-0.39, 0.29) is 5.60 Å². The third kappa shape index (κ3) is 6.28. The van der Waals surface area contributed by atoms with Crippen LogP contribution in [0.5, 0.6) is 0 Å². The smallest absolute Gasteiger partial charge is 0.0834 e. The average molecular weight is 298 g/mol. The van der Waals surface area contributed by atoms with Gasteiger partial charge in [-0.05, 0) is 51.5 Å². The second-order valence-electron chi connectivity index (χ2n) is 6.99. The number of nitrogens with one attached hydrogen (secondary N) is 1. The fraction of sp³-hybridized carbons (Fsp3) is 1.00. The van der Waals surface area contributed by atoms with Crippen LogP contribution in [0.4, 0.5) is 0 Å². The van der Waals surface area contributed by atoms with Crippen LogP contribution in [-0.2, 0) is 4.74 Å². The Labute approximate surface area is 133 Å². The van der Waals surface area contributed by atoms with E-state index in [1.807, 2.05) is 0 Å². The first-order valence-electron chi connectivity index (χ1n) is 9.55. The van der Waals surface area contributed by atoms with Crippen molar-refractivity contribution in [2.75, 3.05) is 13.2 Å². The molecule has 0 spiro atoms. The number of hydrogen-bond donors (Lipinski definition) is 1. The van der Waals surface area contributed by atoms with Gasteiger partial charge < -0.3 is 10.1 Å². The normalized spacial score (nSPS) is 27.7. The van der Waals surface area contributed by atoms with E-state index in [2.05, 4.69) is 33.0 Å². The Kier molecular flexibility index (Phi) is 9.59. The van der Waals surface area contributed by atoms with E-state index in [0.29, 0.717) is 6.04 Å².